The lowest BCUT2D eigenvalue weighted by Crippen LogP contribution is -2.44. The molecule has 0 aromatic heterocycles. The molecule has 1 aromatic rings. The zero-order valence-electron chi connectivity index (χ0n) is 10.6. The van der Waals surface area contributed by atoms with E-state index in [4.69, 9.17) is 0 Å². The van der Waals surface area contributed by atoms with Crippen LogP contribution in [0.1, 0.15) is 32.6 Å². The van der Waals surface area contributed by atoms with Crippen LogP contribution in [0.3, 0.4) is 0 Å². The number of nitrogens with zero attached hydrogens (tertiary/aromatic N) is 1. The molecule has 96 valence electrons. The standard InChI is InChI=1S/C14H18N2O2/c1-2-6-12(15-11-7-4-3-5-8-11)16-13(17)9-10-14(16)18/h3-5,7-8,12,15H,2,6,9-10H2,1H3. The number of hydrogen-bond acceptors (Lipinski definition) is 3. The van der Waals surface area contributed by atoms with E-state index in [0.717, 1.165) is 18.5 Å². The number of rotatable bonds is 5. The van der Waals surface area contributed by atoms with Gasteiger partial charge in [-0.05, 0) is 18.6 Å². The van der Waals surface area contributed by atoms with Gasteiger partial charge in [-0.15, -0.1) is 0 Å². The van der Waals surface area contributed by atoms with Crippen LogP contribution in [0.4, 0.5) is 5.69 Å². The lowest BCUT2D eigenvalue weighted by Gasteiger charge is -2.27. The van der Waals surface area contributed by atoms with Gasteiger partial charge in [-0.3, -0.25) is 14.5 Å². The minimum absolute atomic E-state index is 0.0677. The topological polar surface area (TPSA) is 49.4 Å². The fourth-order valence-corrected chi connectivity index (χ4v) is 2.21. The summed E-state index contributed by atoms with van der Waals surface area (Å²) in [5, 5.41) is 3.27. The number of anilines is 1. The van der Waals surface area contributed by atoms with E-state index in [9.17, 15) is 9.59 Å². The SMILES string of the molecule is CCCC(Nc1ccccc1)N1C(=O)CCC1=O. The van der Waals surface area contributed by atoms with Crippen molar-refractivity contribution in [1.29, 1.82) is 0 Å². The summed E-state index contributed by atoms with van der Waals surface area (Å²) in [5.41, 5.74) is 0.934. The van der Waals surface area contributed by atoms with E-state index < -0.39 is 0 Å². The van der Waals surface area contributed by atoms with Crippen molar-refractivity contribution in [2.45, 2.75) is 38.8 Å². The Bertz CT molecular complexity index is 415. The predicted molar refractivity (Wildman–Crippen MR) is 69.8 cm³/mol. The summed E-state index contributed by atoms with van der Waals surface area (Å²) in [4.78, 5) is 24.9. The average Bonchev–Trinajstić information content (AvgIpc) is 2.70. The first-order valence-corrected chi connectivity index (χ1v) is 6.39. The third-order valence-corrected chi connectivity index (χ3v) is 3.07. The maximum Gasteiger partial charge on any atom is 0.231 e. The van der Waals surface area contributed by atoms with E-state index in [0.29, 0.717) is 12.8 Å². The molecular formula is C14H18N2O2. The Hall–Kier alpha value is -1.84. The fraction of sp³-hybridized carbons (Fsp3) is 0.429. The molecule has 1 atom stereocenters. The molecule has 1 N–H and O–H groups in total. The molecule has 1 heterocycles. The third-order valence-electron chi connectivity index (χ3n) is 3.07. The van der Waals surface area contributed by atoms with E-state index in [2.05, 4.69) is 5.32 Å². The Morgan fingerprint density at radius 2 is 1.78 bits per heavy atom. The molecule has 2 amide bonds. The van der Waals surface area contributed by atoms with E-state index in [-0.39, 0.29) is 18.0 Å². The van der Waals surface area contributed by atoms with Crippen molar-refractivity contribution in [3.8, 4) is 0 Å². The van der Waals surface area contributed by atoms with E-state index >= 15 is 0 Å². The molecule has 18 heavy (non-hydrogen) atoms. The van der Waals surface area contributed by atoms with Gasteiger partial charge in [-0.2, -0.15) is 0 Å². The zero-order chi connectivity index (χ0) is 13.0. The van der Waals surface area contributed by atoms with E-state index in [1.807, 2.05) is 37.3 Å². The molecular weight excluding hydrogens is 228 g/mol. The van der Waals surface area contributed by atoms with E-state index in [1.54, 1.807) is 0 Å². The highest BCUT2D eigenvalue weighted by molar-refractivity contribution is 6.02. The van der Waals surface area contributed by atoms with Gasteiger partial charge in [-0.1, -0.05) is 31.5 Å². The third kappa shape index (κ3) is 2.70. The average molecular weight is 246 g/mol. The zero-order valence-corrected chi connectivity index (χ0v) is 10.6. The lowest BCUT2D eigenvalue weighted by molar-refractivity contribution is -0.140. The second kappa shape index (κ2) is 5.67. The summed E-state index contributed by atoms with van der Waals surface area (Å²) in [7, 11) is 0. The Morgan fingerprint density at radius 3 is 2.33 bits per heavy atom. The van der Waals surface area contributed by atoms with Gasteiger partial charge in [0.05, 0.1) is 0 Å². The fourth-order valence-electron chi connectivity index (χ4n) is 2.21. The molecule has 1 saturated heterocycles. The van der Waals surface area contributed by atoms with Crippen LogP contribution in [0.15, 0.2) is 30.3 Å². The van der Waals surface area contributed by atoms with Gasteiger partial charge < -0.3 is 5.32 Å². The highest BCUT2D eigenvalue weighted by Crippen LogP contribution is 2.20. The minimum atomic E-state index is -0.222. The summed E-state index contributed by atoms with van der Waals surface area (Å²) < 4.78 is 0. The number of benzene rings is 1. The van der Waals surface area contributed by atoms with Crippen LogP contribution in [0.5, 0.6) is 0 Å². The molecule has 4 nitrogen and oxygen atoms in total. The molecule has 1 unspecified atom stereocenters. The van der Waals surface area contributed by atoms with Crippen LogP contribution in [-0.4, -0.2) is 22.9 Å². The normalized spacial score (nSPS) is 17.1. The summed E-state index contributed by atoms with van der Waals surface area (Å²) >= 11 is 0. The summed E-state index contributed by atoms with van der Waals surface area (Å²) in [6.45, 7) is 2.05. The van der Waals surface area contributed by atoms with Crippen LogP contribution in [-0.2, 0) is 9.59 Å². The van der Waals surface area contributed by atoms with Crippen LogP contribution in [0, 0.1) is 0 Å². The minimum Gasteiger partial charge on any atom is -0.365 e. The van der Waals surface area contributed by atoms with Crippen molar-refractivity contribution in [2.75, 3.05) is 5.32 Å². The van der Waals surface area contributed by atoms with Crippen molar-refractivity contribution < 1.29 is 9.59 Å². The van der Waals surface area contributed by atoms with Gasteiger partial charge in [0.15, 0.2) is 0 Å². The van der Waals surface area contributed by atoms with Crippen LogP contribution in [0.2, 0.25) is 0 Å². The Morgan fingerprint density at radius 1 is 1.17 bits per heavy atom. The first-order chi connectivity index (χ1) is 8.72. The van der Waals surface area contributed by atoms with Gasteiger partial charge in [0.25, 0.3) is 0 Å². The maximum absolute atomic E-state index is 11.8. The Labute approximate surface area is 107 Å². The molecule has 0 aliphatic carbocycles. The molecule has 4 heteroatoms. The van der Waals surface area contributed by atoms with Crippen LogP contribution < -0.4 is 5.32 Å². The Kier molecular flexibility index (Phi) is 3.97. The lowest BCUT2D eigenvalue weighted by atomic mass is 10.2. The van der Waals surface area contributed by atoms with Crippen molar-refractivity contribution in [1.82, 2.24) is 4.90 Å². The molecule has 2 rings (SSSR count). The van der Waals surface area contributed by atoms with Crippen LogP contribution >= 0.6 is 0 Å². The van der Waals surface area contributed by atoms with Gasteiger partial charge in [0.1, 0.15) is 6.17 Å². The predicted octanol–water partition coefficient (Wildman–Crippen LogP) is 2.37. The molecule has 1 aliphatic rings. The Balaban J connectivity index is 2.13. The molecule has 0 radical (unpaired) electrons. The molecule has 0 saturated carbocycles. The summed E-state index contributed by atoms with van der Waals surface area (Å²) in [6, 6.07) is 9.67. The molecule has 1 fully saturated rings. The number of hydrogen-bond donors (Lipinski definition) is 1. The molecule has 1 aliphatic heterocycles. The second-order valence-corrected chi connectivity index (χ2v) is 4.47. The monoisotopic (exact) mass is 246 g/mol. The molecule has 0 spiro atoms. The van der Waals surface area contributed by atoms with Gasteiger partial charge in [0.2, 0.25) is 11.8 Å². The van der Waals surface area contributed by atoms with Crippen molar-refractivity contribution in [3.63, 3.8) is 0 Å². The highest BCUT2D eigenvalue weighted by Gasteiger charge is 2.34. The van der Waals surface area contributed by atoms with Crippen molar-refractivity contribution >= 4 is 17.5 Å². The number of carbonyl (C=O) groups is 2. The first kappa shape index (κ1) is 12.6. The second-order valence-electron chi connectivity index (χ2n) is 4.47. The highest BCUT2D eigenvalue weighted by atomic mass is 16.2. The summed E-state index contributed by atoms with van der Waals surface area (Å²) in [5.74, 6) is -0.135. The number of imide groups is 1. The first-order valence-electron chi connectivity index (χ1n) is 6.39. The quantitative estimate of drug-likeness (QED) is 0.811. The number of carbonyl (C=O) groups excluding carboxylic acids is 2. The maximum atomic E-state index is 11.8. The van der Waals surface area contributed by atoms with Gasteiger partial charge >= 0.3 is 0 Å². The molecule has 0 bridgehead atoms. The largest absolute Gasteiger partial charge is 0.365 e. The molecule has 1 aromatic carbocycles. The smallest absolute Gasteiger partial charge is 0.231 e. The van der Waals surface area contributed by atoms with Crippen LogP contribution in [0.25, 0.3) is 0 Å². The number of amides is 2. The summed E-state index contributed by atoms with van der Waals surface area (Å²) in [6.07, 6.45) is 2.15. The van der Waals surface area contributed by atoms with Crippen molar-refractivity contribution in [3.05, 3.63) is 30.3 Å². The number of likely N-dealkylation sites (tertiary alicyclic amines) is 1. The van der Waals surface area contributed by atoms with Gasteiger partial charge in [0, 0.05) is 18.5 Å². The van der Waals surface area contributed by atoms with Gasteiger partial charge in [-0.25, -0.2) is 0 Å². The van der Waals surface area contributed by atoms with Crippen molar-refractivity contribution in [2.24, 2.45) is 0 Å². The van der Waals surface area contributed by atoms with E-state index in [1.165, 1.54) is 4.90 Å². The number of nitrogens with one attached hydrogen (secondary N) is 1. The number of para-hydroxylation sites is 1.